The highest BCUT2D eigenvalue weighted by Gasteiger charge is 2.32. The van der Waals surface area contributed by atoms with Crippen LogP contribution in [-0.2, 0) is 5.41 Å². The van der Waals surface area contributed by atoms with Gasteiger partial charge in [-0.15, -0.1) is 0 Å². The summed E-state index contributed by atoms with van der Waals surface area (Å²) in [6.07, 6.45) is 0. The Morgan fingerprint density at radius 2 is 2.00 bits per heavy atom. The summed E-state index contributed by atoms with van der Waals surface area (Å²) >= 11 is 5.95. The number of halogens is 2. The maximum atomic E-state index is 13.6. The van der Waals surface area contributed by atoms with E-state index in [0.29, 0.717) is 17.9 Å². The summed E-state index contributed by atoms with van der Waals surface area (Å²) in [7, 11) is 0. The molecule has 20 heavy (non-hydrogen) atoms. The Bertz CT molecular complexity index is 697. The molecule has 0 bridgehead atoms. The number of benzene rings is 2. The maximum absolute atomic E-state index is 13.6. The number of ether oxygens (including phenoxy) is 1. The third-order valence-electron chi connectivity index (χ3n) is 3.70. The molecule has 1 heterocycles. The smallest absolute Gasteiger partial charge is 0.125 e. The first kappa shape index (κ1) is 13.3. The molecule has 0 radical (unpaired) electrons. The molecule has 104 valence electrons. The van der Waals surface area contributed by atoms with Gasteiger partial charge in [0, 0.05) is 16.5 Å². The van der Waals surface area contributed by atoms with Crippen LogP contribution in [0.15, 0.2) is 30.3 Å². The van der Waals surface area contributed by atoms with Crippen LogP contribution in [-0.4, -0.2) is 6.61 Å². The number of nitrogen functional groups attached to an aromatic ring is 1. The van der Waals surface area contributed by atoms with Crippen molar-refractivity contribution in [1.82, 2.24) is 0 Å². The van der Waals surface area contributed by atoms with Crippen molar-refractivity contribution < 1.29 is 9.13 Å². The monoisotopic (exact) mass is 291 g/mol. The summed E-state index contributed by atoms with van der Waals surface area (Å²) in [4.78, 5) is 0. The molecule has 4 heteroatoms. The number of nitrogens with two attached hydrogens (primary N) is 1. The van der Waals surface area contributed by atoms with Gasteiger partial charge in [0.05, 0.1) is 17.3 Å². The molecule has 1 aliphatic rings. The second-order valence-electron chi connectivity index (χ2n) is 5.73. The van der Waals surface area contributed by atoms with E-state index in [1.165, 1.54) is 12.1 Å². The number of rotatable bonds is 1. The summed E-state index contributed by atoms with van der Waals surface area (Å²) < 4.78 is 19.2. The fourth-order valence-corrected chi connectivity index (χ4v) is 2.72. The van der Waals surface area contributed by atoms with Gasteiger partial charge in [-0.3, -0.25) is 0 Å². The minimum absolute atomic E-state index is 0.0583. The fourth-order valence-electron chi connectivity index (χ4n) is 2.51. The topological polar surface area (TPSA) is 35.2 Å². The number of fused-ring (bicyclic) bond motifs is 1. The largest absolute Gasteiger partial charge is 0.492 e. The van der Waals surface area contributed by atoms with E-state index in [1.54, 1.807) is 0 Å². The van der Waals surface area contributed by atoms with Gasteiger partial charge in [0.25, 0.3) is 0 Å². The summed E-state index contributed by atoms with van der Waals surface area (Å²) in [5.74, 6) is 0.482. The Kier molecular flexibility index (Phi) is 2.91. The quantitative estimate of drug-likeness (QED) is 0.791. The summed E-state index contributed by atoms with van der Waals surface area (Å²) in [5.41, 5.74) is 8.87. The lowest BCUT2D eigenvalue weighted by Crippen LogP contribution is -2.18. The Morgan fingerprint density at radius 3 is 2.75 bits per heavy atom. The zero-order valence-electron chi connectivity index (χ0n) is 11.3. The van der Waals surface area contributed by atoms with E-state index >= 15 is 0 Å². The van der Waals surface area contributed by atoms with Gasteiger partial charge >= 0.3 is 0 Å². The average molecular weight is 292 g/mol. The van der Waals surface area contributed by atoms with Crippen LogP contribution in [0.5, 0.6) is 5.75 Å². The lowest BCUT2D eigenvalue weighted by Gasteiger charge is -2.16. The van der Waals surface area contributed by atoms with E-state index in [1.807, 2.05) is 18.2 Å². The molecule has 0 aromatic heterocycles. The molecule has 0 amide bonds. The first-order valence-corrected chi connectivity index (χ1v) is 6.78. The molecule has 2 aromatic rings. The predicted octanol–water partition coefficient (Wildman–Crippen LogP) is 4.40. The third-order valence-corrected chi connectivity index (χ3v) is 4.02. The molecular formula is C16H15ClFNO. The van der Waals surface area contributed by atoms with E-state index < -0.39 is 5.82 Å². The van der Waals surface area contributed by atoms with Crippen LogP contribution in [0.4, 0.5) is 10.1 Å². The van der Waals surface area contributed by atoms with E-state index in [2.05, 4.69) is 13.8 Å². The maximum Gasteiger partial charge on any atom is 0.125 e. The molecule has 0 saturated heterocycles. The highest BCUT2D eigenvalue weighted by molar-refractivity contribution is 6.33. The molecule has 0 saturated carbocycles. The van der Waals surface area contributed by atoms with Gasteiger partial charge in [-0.05, 0) is 29.8 Å². The Hall–Kier alpha value is -1.74. The number of hydrogen-bond donors (Lipinski definition) is 1. The summed E-state index contributed by atoms with van der Waals surface area (Å²) in [5, 5.41) is 0.232. The highest BCUT2D eigenvalue weighted by Crippen LogP contribution is 2.42. The minimum Gasteiger partial charge on any atom is -0.492 e. The van der Waals surface area contributed by atoms with Gasteiger partial charge < -0.3 is 10.5 Å². The van der Waals surface area contributed by atoms with Gasteiger partial charge in [0.1, 0.15) is 11.6 Å². The van der Waals surface area contributed by atoms with E-state index in [0.717, 1.165) is 16.9 Å². The lowest BCUT2D eigenvalue weighted by molar-refractivity contribution is 0.291. The van der Waals surface area contributed by atoms with Gasteiger partial charge in [-0.2, -0.15) is 0 Å². The van der Waals surface area contributed by atoms with E-state index in [-0.39, 0.29) is 10.4 Å². The van der Waals surface area contributed by atoms with Crippen LogP contribution in [0.3, 0.4) is 0 Å². The zero-order chi connectivity index (χ0) is 14.5. The van der Waals surface area contributed by atoms with Crippen LogP contribution >= 0.6 is 11.6 Å². The Balaban J connectivity index is 2.18. The fraction of sp³-hybridized carbons (Fsp3) is 0.250. The van der Waals surface area contributed by atoms with Gasteiger partial charge in [-0.1, -0.05) is 31.5 Å². The summed E-state index contributed by atoms with van der Waals surface area (Å²) in [6, 6.07) is 8.41. The minimum atomic E-state index is -0.393. The van der Waals surface area contributed by atoms with Crippen molar-refractivity contribution in [1.29, 1.82) is 0 Å². The Labute approximate surface area is 122 Å². The normalized spacial score (nSPS) is 15.8. The van der Waals surface area contributed by atoms with Crippen molar-refractivity contribution in [2.45, 2.75) is 19.3 Å². The number of anilines is 1. The van der Waals surface area contributed by atoms with Gasteiger partial charge in [0.15, 0.2) is 0 Å². The molecule has 0 atom stereocenters. The molecule has 0 spiro atoms. The molecule has 0 aliphatic carbocycles. The SMILES string of the molecule is CC1(C)COc2ccc(-c3cc(F)cc(Cl)c3N)cc21. The van der Waals surface area contributed by atoms with E-state index in [9.17, 15) is 4.39 Å². The highest BCUT2D eigenvalue weighted by atomic mass is 35.5. The predicted molar refractivity (Wildman–Crippen MR) is 79.8 cm³/mol. The van der Waals surface area contributed by atoms with Crippen LogP contribution in [0.2, 0.25) is 5.02 Å². The molecule has 1 aliphatic heterocycles. The van der Waals surface area contributed by atoms with Crippen molar-refractivity contribution in [3.8, 4) is 16.9 Å². The zero-order valence-corrected chi connectivity index (χ0v) is 12.1. The average Bonchev–Trinajstić information content (AvgIpc) is 2.69. The summed E-state index contributed by atoms with van der Waals surface area (Å²) in [6.45, 7) is 4.88. The molecule has 3 rings (SSSR count). The van der Waals surface area contributed by atoms with Gasteiger partial charge in [-0.25, -0.2) is 4.39 Å². The van der Waals surface area contributed by atoms with Crippen molar-refractivity contribution >= 4 is 17.3 Å². The number of hydrogen-bond acceptors (Lipinski definition) is 2. The second-order valence-corrected chi connectivity index (χ2v) is 6.14. The molecule has 2 nitrogen and oxygen atoms in total. The van der Waals surface area contributed by atoms with Crippen molar-refractivity contribution in [2.75, 3.05) is 12.3 Å². The van der Waals surface area contributed by atoms with Crippen LogP contribution < -0.4 is 10.5 Å². The molecular weight excluding hydrogens is 277 g/mol. The standard InChI is InChI=1S/C16H15ClFNO/c1-16(2)8-20-14-4-3-9(5-12(14)16)11-6-10(18)7-13(17)15(11)19/h3-7H,8,19H2,1-2H3. The molecule has 2 N–H and O–H groups in total. The van der Waals surface area contributed by atoms with Crippen LogP contribution in [0, 0.1) is 5.82 Å². The lowest BCUT2D eigenvalue weighted by atomic mass is 9.85. The van der Waals surface area contributed by atoms with Crippen LogP contribution in [0.25, 0.3) is 11.1 Å². The second kappa shape index (κ2) is 4.38. The van der Waals surface area contributed by atoms with Crippen LogP contribution in [0.1, 0.15) is 19.4 Å². The first-order valence-electron chi connectivity index (χ1n) is 6.41. The van der Waals surface area contributed by atoms with Gasteiger partial charge in [0.2, 0.25) is 0 Å². The third kappa shape index (κ3) is 2.02. The van der Waals surface area contributed by atoms with Crippen molar-refractivity contribution in [3.05, 3.63) is 46.7 Å². The molecule has 2 aromatic carbocycles. The first-order chi connectivity index (χ1) is 9.38. The molecule has 0 unspecified atom stereocenters. The van der Waals surface area contributed by atoms with Crippen molar-refractivity contribution in [2.24, 2.45) is 0 Å². The molecule has 0 fully saturated rings. The van der Waals surface area contributed by atoms with Crippen molar-refractivity contribution in [3.63, 3.8) is 0 Å². The Morgan fingerprint density at radius 1 is 1.25 bits per heavy atom. The van der Waals surface area contributed by atoms with E-state index in [4.69, 9.17) is 22.1 Å².